The molecule has 0 bridgehead atoms. The summed E-state index contributed by atoms with van der Waals surface area (Å²) in [5, 5.41) is 12.4. The van der Waals surface area contributed by atoms with Crippen LogP contribution in [0.4, 0.5) is 0 Å². The average Bonchev–Trinajstić information content (AvgIpc) is 3.44. The van der Waals surface area contributed by atoms with Crippen LogP contribution in [0.25, 0.3) is 11.5 Å². The first-order valence-electron chi connectivity index (χ1n) is 9.29. The maximum absolute atomic E-state index is 12.7. The van der Waals surface area contributed by atoms with Crippen molar-refractivity contribution in [3.63, 3.8) is 0 Å². The van der Waals surface area contributed by atoms with Crippen LogP contribution in [0.2, 0.25) is 0 Å². The van der Waals surface area contributed by atoms with Crippen LogP contribution in [0.15, 0.2) is 16.9 Å². The van der Waals surface area contributed by atoms with Crippen LogP contribution < -0.4 is 0 Å². The van der Waals surface area contributed by atoms with E-state index in [9.17, 15) is 4.79 Å². The summed E-state index contributed by atoms with van der Waals surface area (Å²) in [5.74, 6) is 2.13. The number of likely N-dealkylation sites (tertiary alicyclic amines) is 1. The fourth-order valence-corrected chi connectivity index (χ4v) is 3.98. The summed E-state index contributed by atoms with van der Waals surface area (Å²) in [6, 6.07) is 1.79. The molecule has 1 fully saturated rings. The van der Waals surface area contributed by atoms with Crippen molar-refractivity contribution in [2.24, 2.45) is 0 Å². The molecule has 3 aromatic rings. The molecule has 3 aromatic heterocycles. The standard InChI is InChI=1S/C18H21N7O3/c1-11-5-13(28-23-11)6-15(26)24-4-3-18(8-24)9-25-14(7-27-18)21-22-17(25)16-12(2)19-10-20-16/h5,10H,3-4,6-9H2,1-2H3,(H,19,20). The number of hydrogen-bond donors (Lipinski definition) is 1. The molecule has 0 radical (unpaired) electrons. The Kier molecular flexibility index (Phi) is 3.83. The molecular formula is C18H21N7O3. The molecule has 10 nitrogen and oxygen atoms in total. The molecule has 1 atom stereocenters. The highest BCUT2D eigenvalue weighted by Gasteiger charge is 2.45. The zero-order valence-electron chi connectivity index (χ0n) is 15.8. The summed E-state index contributed by atoms with van der Waals surface area (Å²) in [6.07, 6.45) is 2.64. The number of fused-ring (bicyclic) bond motifs is 1. The molecule has 5 rings (SSSR count). The largest absolute Gasteiger partial charge is 0.363 e. The molecule has 1 amide bonds. The summed E-state index contributed by atoms with van der Waals surface area (Å²) in [4.78, 5) is 22.0. The number of aromatic nitrogens is 6. The molecule has 5 heterocycles. The lowest BCUT2D eigenvalue weighted by molar-refractivity contribution is -0.132. The van der Waals surface area contributed by atoms with Crippen LogP contribution in [0.5, 0.6) is 0 Å². The van der Waals surface area contributed by atoms with Crippen LogP contribution in [0, 0.1) is 13.8 Å². The van der Waals surface area contributed by atoms with Crippen molar-refractivity contribution in [3.05, 3.63) is 35.4 Å². The molecule has 1 saturated heterocycles. The first kappa shape index (κ1) is 17.1. The van der Waals surface area contributed by atoms with Crippen molar-refractivity contribution in [3.8, 4) is 11.5 Å². The molecule has 1 unspecified atom stereocenters. The highest BCUT2D eigenvalue weighted by atomic mass is 16.5. The number of aryl methyl sites for hydroxylation is 2. The van der Waals surface area contributed by atoms with Gasteiger partial charge in [0.25, 0.3) is 0 Å². The molecule has 28 heavy (non-hydrogen) atoms. The Hall–Kier alpha value is -3.01. The second-order valence-electron chi connectivity index (χ2n) is 7.55. The smallest absolute Gasteiger partial charge is 0.230 e. The minimum absolute atomic E-state index is 0.0227. The molecular weight excluding hydrogens is 362 g/mol. The maximum atomic E-state index is 12.7. The summed E-state index contributed by atoms with van der Waals surface area (Å²) < 4.78 is 13.4. The van der Waals surface area contributed by atoms with Gasteiger partial charge in [0, 0.05) is 18.3 Å². The Morgan fingerprint density at radius 2 is 2.21 bits per heavy atom. The third kappa shape index (κ3) is 2.80. The van der Waals surface area contributed by atoms with Gasteiger partial charge in [-0.1, -0.05) is 5.16 Å². The van der Waals surface area contributed by atoms with E-state index in [2.05, 4.69) is 29.9 Å². The molecule has 1 spiro atoms. The lowest BCUT2D eigenvalue weighted by Gasteiger charge is -2.34. The summed E-state index contributed by atoms with van der Waals surface area (Å²) in [5.41, 5.74) is 2.09. The van der Waals surface area contributed by atoms with Gasteiger partial charge in [0.05, 0.1) is 31.5 Å². The van der Waals surface area contributed by atoms with Gasteiger partial charge in [0.1, 0.15) is 23.7 Å². The van der Waals surface area contributed by atoms with Gasteiger partial charge in [0.15, 0.2) is 11.6 Å². The van der Waals surface area contributed by atoms with Gasteiger partial charge in [-0.2, -0.15) is 0 Å². The van der Waals surface area contributed by atoms with E-state index in [4.69, 9.17) is 9.26 Å². The molecule has 2 aliphatic rings. The quantitative estimate of drug-likeness (QED) is 0.718. The number of nitrogens with one attached hydrogen (secondary N) is 1. The van der Waals surface area contributed by atoms with Gasteiger partial charge in [-0.05, 0) is 20.3 Å². The predicted octanol–water partition coefficient (Wildman–Crippen LogP) is 1.02. The van der Waals surface area contributed by atoms with Crippen molar-refractivity contribution in [2.75, 3.05) is 13.1 Å². The van der Waals surface area contributed by atoms with Crippen LogP contribution in [-0.4, -0.2) is 59.4 Å². The van der Waals surface area contributed by atoms with E-state index in [0.29, 0.717) is 32.0 Å². The summed E-state index contributed by atoms with van der Waals surface area (Å²) in [7, 11) is 0. The first-order valence-corrected chi connectivity index (χ1v) is 9.29. The predicted molar refractivity (Wildman–Crippen MR) is 96.0 cm³/mol. The van der Waals surface area contributed by atoms with Gasteiger partial charge in [-0.15, -0.1) is 10.2 Å². The van der Waals surface area contributed by atoms with E-state index in [0.717, 1.165) is 35.2 Å². The van der Waals surface area contributed by atoms with E-state index in [1.54, 1.807) is 12.4 Å². The van der Waals surface area contributed by atoms with Crippen LogP contribution in [-0.2, 0) is 29.1 Å². The third-order valence-corrected chi connectivity index (χ3v) is 5.49. The van der Waals surface area contributed by atoms with Gasteiger partial charge >= 0.3 is 0 Å². The maximum Gasteiger partial charge on any atom is 0.230 e. The van der Waals surface area contributed by atoms with Crippen molar-refractivity contribution < 1.29 is 14.1 Å². The minimum atomic E-state index is -0.429. The van der Waals surface area contributed by atoms with Crippen molar-refractivity contribution in [1.82, 2.24) is 34.8 Å². The normalized spacial score (nSPS) is 21.4. The Morgan fingerprint density at radius 1 is 1.32 bits per heavy atom. The SMILES string of the molecule is Cc1cc(CC(=O)N2CCC3(C2)Cn2c(nnc2-c2nc[nH]c2C)CO3)on1. The van der Waals surface area contributed by atoms with Gasteiger partial charge in [0.2, 0.25) is 5.91 Å². The molecule has 1 N–H and O–H groups in total. The van der Waals surface area contributed by atoms with Gasteiger partial charge < -0.3 is 23.7 Å². The van der Waals surface area contributed by atoms with Gasteiger partial charge in [-0.3, -0.25) is 4.79 Å². The zero-order valence-corrected chi connectivity index (χ0v) is 15.8. The monoisotopic (exact) mass is 383 g/mol. The number of H-pyrrole nitrogens is 1. The molecule has 0 saturated carbocycles. The molecule has 2 aliphatic heterocycles. The highest BCUT2D eigenvalue weighted by molar-refractivity contribution is 5.78. The van der Waals surface area contributed by atoms with Crippen molar-refractivity contribution in [1.29, 1.82) is 0 Å². The number of amides is 1. The number of nitrogens with zero attached hydrogens (tertiary/aromatic N) is 6. The van der Waals surface area contributed by atoms with Gasteiger partial charge in [-0.25, -0.2) is 4.98 Å². The van der Waals surface area contributed by atoms with E-state index >= 15 is 0 Å². The number of carbonyl (C=O) groups is 1. The summed E-state index contributed by atoms with van der Waals surface area (Å²) >= 11 is 0. The highest BCUT2D eigenvalue weighted by Crippen LogP contribution is 2.34. The number of rotatable bonds is 3. The lowest BCUT2D eigenvalue weighted by Crippen LogP contribution is -2.45. The van der Waals surface area contributed by atoms with E-state index < -0.39 is 5.60 Å². The Labute approximate surface area is 160 Å². The van der Waals surface area contributed by atoms with E-state index in [1.165, 1.54) is 0 Å². The lowest BCUT2D eigenvalue weighted by atomic mass is 10.0. The Balaban J connectivity index is 1.34. The second-order valence-corrected chi connectivity index (χ2v) is 7.55. The zero-order chi connectivity index (χ0) is 19.3. The fraction of sp³-hybridized carbons (Fsp3) is 0.500. The Morgan fingerprint density at radius 3 is 2.96 bits per heavy atom. The van der Waals surface area contributed by atoms with Crippen LogP contribution >= 0.6 is 0 Å². The molecule has 10 heteroatoms. The van der Waals surface area contributed by atoms with Crippen molar-refractivity contribution >= 4 is 5.91 Å². The number of ether oxygens (including phenoxy) is 1. The molecule has 146 valence electrons. The number of imidazole rings is 1. The second kappa shape index (κ2) is 6.26. The minimum Gasteiger partial charge on any atom is -0.363 e. The number of carbonyl (C=O) groups excluding carboxylic acids is 1. The first-order chi connectivity index (χ1) is 13.5. The topological polar surface area (TPSA) is 115 Å². The number of aromatic amines is 1. The summed E-state index contributed by atoms with van der Waals surface area (Å²) in [6.45, 7) is 5.96. The number of hydrogen-bond acceptors (Lipinski definition) is 7. The Bertz CT molecular complexity index is 1040. The van der Waals surface area contributed by atoms with Crippen LogP contribution in [0.3, 0.4) is 0 Å². The molecule has 0 aromatic carbocycles. The third-order valence-electron chi connectivity index (χ3n) is 5.49. The van der Waals surface area contributed by atoms with E-state index in [1.807, 2.05) is 18.7 Å². The van der Waals surface area contributed by atoms with Crippen LogP contribution in [0.1, 0.15) is 29.4 Å². The fourth-order valence-electron chi connectivity index (χ4n) is 3.98. The van der Waals surface area contributed by atoms with Crippen molar-refractivity contribution in [2.45, 2.75) is 45.4 Å². The average molecular weight is 383 g/mol. The van der Waals surface area contributed by atoms with E-state index in [-0.39, 0.29) is 12.3 Å². The molecule has 0 aliphatic carbocycles.